The minimum Gasteiger partial charge on any atom is -0.462 e. The van der Waals surface area contributed by atoms with Crippen molar-refractivity contribution < 1.29 is 28.6 Å². The van der Waals surface area contributed by atoms with E-state index in [1.54, 1.807) is 0 Å². The summed E-state index contributed by atoms with van der Waals surface area (Å²) in [6, 6.07) is 0. The van der Waals surface area contributed by atoms with Crippen molar-refractivity contribution in [3.63, 3.8) is 0 Å². The van der Waals surface area contributed by atoms with Crippen LogP contribution in [0.2, 0.25) is 0 Å². The summed E-state index contributed by atoms with van der Waals surface area (Å²) in [4.78, 5) is 38.4. The van der Waals surface area contributed by atoms with Crippen LogP contribution in [-0.4, -0.2) is 37.2 Å². The van der Waals surface area contributed by atoms with Gasteiger partial charge in [-0.1, -0.05) is 339 Å². The molecule has 0 fully saturated rings. The molecule has 1 atom stereocenters. The Morgan fingerprint density at radius 2 is 0.506 bits per heavy atom. The first-order valence-electron chi connectivity index (χ1n) is 34.1. The Balaban J connectivity index is 4.33. The molecule has 0 rings (SSSR count). The zero-order valence-corrected chi connectivity index (χ0v) is 51.7. The zero-order chi connectivity index (χ0) is 55.7. The number of allylic oxidation sites excluding steroid dienone is 8. The third-order valence-corrected chi connectivity index (χ3v) is 15.3. The molecule has 0 aromatic heterocycles. The SMILES string of the molecule is CC/C=C\C/C=C\C/C=C\C/C=C\CCCCCCC(=O)OCC(COC(=O)CCCCCCCCCCCCCCCCCCCCCCC)OC(=O)CCCCCCCCCCCCCCCCCCCCCCC. The van der Waals surface area contributed by atoms with Crippen molar-refractivity contribution in [1.82, 2.24) is 0 Å². The molecule has 0 aliphatic carbocycles. The summed E-state index contributed by atoms with van der Waals surface area (Å²) in [6.07, 6.45) is 82.7. The Morgan fingerprint density at radius 1 is 0.273 bits per heavy atom. The van der Waals surface area contributed by atoms with E-state index in [2.05, 4.69) is 69.4 Å². The van der Waals surface area contributed by atoms with E-state index in [1.807, 2.05) is 0 Å². The van der Waals surface area contributed by atoms with E-state index in [0.717, 1.165) is 96.3 Å². The third-order valence-electron chi connectivity index (χ3n) is 15.3. The lowest BCUT2D eigenvalue weighted by Crippen LogP contribution is -2.30. The van der Waals surface area contributed by atoms with Gasteiger partial charge >= 0.3 is 17.9 Å². The van der Waals surface area contributed by atoms with Gasteiger partial charge in [0.15, 0.2) is 6.10 Å². The molecule has 0 radical (unpaired) electrons. The van der Waals surface area contributed by atoms with E-state index in [4.69, 9.17) is 14.2 Å². The lowest BCUT2D eigenvalue weighted by molar-refractivity contribution is -0.167. The maximum atomic E-state index is 12.9. The normalized spacial score (nSPS) is 12.3. The van der Waals surface area contributed by atoms with Crippen LogP contribution < -0.4 is 0 Å². The van der Waals surface area contributed by atoms with Gasteiger partial charge < -0.3 is 14.2 Å². The highest BCUT2D eigenvalue weighted by atomic mass is 16.6. The monoisotopic (exact) mass is 1080 g/mol. The summed E-state index contributed by atoms with van der Waals surface area (Å²) in [5.41, 5.74) is 0. The fourth-order valence-electron chi connectivity index (χ4n) is 10.3. The third kappa shape index (κ3) is 64.1. The summed E-state index contributed by atoms with van der Waals surface area (Å²) in [5.74, 6) is -0.873. The van der Waals surface area contributed by atoms with Crippen molar-refractivity contribution in [2.24, 2.45) is 0 Å². The second-order valence-electron chi connectivity index (χ2n) is 23.1. The quantitative estimate of drug-likeness (QED) is 0.0261. The summed E-state index contributed by atoms with van der Waals surface area (Å²) in [7, 11) is 0. The minimum atomic E-state index is -0.781. The molecular weight excluding hydrogens is 949 g/mol. The van der Waals surface area contributed by atoms with E-state index in [1.165, 1.54) is 231 Å². The van der Waals surface area contributed by atoms with E-state index in [9.17, 15) is 14.4 Å². The molecule has 450 valence electrons. The van der Waals surface area contributed by atoms with Gasteiger partial charge in [-0.15, -0.1) is 0 Å². The molecule has 0 aliphatic heterocycles. The molecule has 0 aliphatic rings. The van der Waals surface area contributed by atoms with E-state index >= 15 is 0 Å². The first-order chi connectivity index (χ1) is 38.0. The molecule has 0 N–H and O–H groups in total. The Labute approximate surface area is 479 Å². The number of hydrogen-bond donors (Lipinski definition) is 0. The predicted molar refractivity (Wildman–Crippen MR) is 335 cm³/mol. The van der Waals surface area contributed by atoms with Crippen molar-refractivity contribution in [2.75, 3.05) is 13.2 Å². The van der Waals surface area contributed by atoms with Crippen LogP contribution >= 0.6 is 0 Å². The first-order valence-corrected chi connectivity index (χ1v) is 34.1. The van der Waals surface area contributed by atoms with Crippen LogP contribution in [0.15, 0.2) is 48.6 Å². The van der Waals surface area contributed by atoms with Gasteiger partial charge in [-0.2, -0.15) is 0 Å². The van der Waals surface area contributed by atoms with Gasteiger partial charge in [-0.3, -0.25) is 14.4 Å². The van der Waals surface area contributed by atoms with E-state index < -0.39 is 6.10 Å². The number of hydrogen-bond acceptors (Lipinski definition) is 6. The summed E-state index contributed by atoms with van der Waals surface area (Å²) < 4.78 is 17.0. The molecule has 0 saturated heterocycles. The number of carbonyl (C=O) groups is 3. The van der Waals surface area contributed by atoms with Crippen molar-refractivity contribution in [2.45, 2.75) is 374 Å². The van der Waals surface area contributed by atoms with Crippen molar-refractivity contribution >= 4 is 17.9 Å². The van der Waals surface area contributed by atoms with Crippen LogP contribution in [0, 0.1) is 0 Å². The van der Waals surface area contributed by atoms with Gasteiger partial charge in [-0.25, -0.2) is 0 Å². The maximum Gasteiger partial charge on any atom is 0.306 e. The second-order valence-corrected chi connectivity index (χ2v) is 23.1. The molecule has 0 spiro atoms. The molecule has 0 bridgehead atoms. The van der Waals surface area contributed by atoms with Crippen LogP contribution in [0.3, 0.4) is 0 Å². The van der Waals surface area contributed by atoms with Crippen molar-refractivity contribution in [3.8, 4) is 0 Å². The van der Waals surface area contributed by atoms with Gasteiger partial charge in [0.05, 0.1) is 0 Å². The smallest absolute Gasteiger partial charge is 0.306 e. The molecule has 0 aromatic carbocycles. The van der Waals surface area contributed by atoms with Crippen LogP contribution in [0.5, 0.6) is 0 Å². The Hall–Kier alpha value is -2.63. The molecule has 0 heterocycles. The van der Waals surface area contributed by atoms with Gasteiger partial charge in [0.1, 0.15) is 13.2 Å². The lowest BCUT2D eigenvalue weighted by atomic mass is 10.0. The Bertz CT molecular complexity index is 1330. The Kier molecular flexibility index (Phi) is 63.6. The molecule has 6 nitrogen and oxygen atoms in total. The number of rotatable bonds is 63. The van der Waals surface area contributed by atoms with Crippen LogP contribution in [-0.2, 0) is 28.6 Å². The fraction of sp³-hybridized carbons (Fsp3) is 0.845. The van der Waals surface area contributed by atoms with Gasteiger partial charge in [0, 0.05) is 19.3 Å². The fourth-order valence-corrected chi connectivity index (χ4v) is 10.3. The van der Waals surface area contributed by atoms with E-state index in [0.29, 0.717) is 19.3 Å². The summed E-state index contributed by atoms with van der Waals surface area (Å²) >= 11 is 0. The van der Waals surface area contributed by atoms with Gasteiger partial charge in [-0.05, 0) is 57.8 Å². The van der Waals surface area contributed by atoms with Crippen LogP contribution in [0.4, 0.5) is 0 Å². The molecule has 0 aromatic rings. The lowest BCUT2D eigenvalue weighted by Gasteiger charge is -2.18. The molecule has 1 unspecified atom stereocenters. The van der Waals surface area contributed by atoms with Crippen molar-refractivity contribution in [3.05, 3.63) is 48.6 Å². The largest absolute Gasteiger partial charge is 0.462 e. The first kappa shape index (κ1) is 74.4. The van der Waals surface area contributed by atoms with Crippen LogP contribution in [0.25, 0.3) is 0 Å². The molecule has 6 heteroatoms. The van der Waals surface area contributed by atoms with Crippen LogP contribution in [0.1, 0.15) is 367 Å². The highest BCUT2D eigenvalue weighted by molar-refractivity contribution is 5.71. The van der Waals surface area contributed by atoms with Gasteiger partial charge in [0.2, 0.25) is 0 Å². The second kappa shape index (κ2) is 65.9. The number of ether oxygens (including phenoxy) is 3. The summed E-state index contributed by atoms with van der Waals surface area (Å²) in [6.45, 7) is 6.58. The Morgan fingerprint density at radius 3 is 0.792 bits per heavy atom. The predicted octanol–water partition coefficient (Wildman–Crippen LogP) is 23.3. The topological polar surface area (TPSA) is 78.9 Å². The standard InChI is InChI=1S/C71H130O6/c1-4-7-10-13-16-19-22-25-28-31-33-35-37-40-43-46-49-52-55-58-61-64-70(73)76-67-68(66-75-69(72)63-60-57-54-51-48-45-42-39-30-27-24-21-18-15-12-9-6-3)77-71(74)65-62-59-56-53-50-47-44-41-38-36-34-32-29-26-23-20-17-14-11-8-5-2/h9,12,18,21,27,30,42,45,68H,4-8,10-11,13-17,19-20,22-26,28-29,31-41,43-44,46-67H2,1-3H3/b12-9-,21-18-,30-27-,45-42-. The zero-order valence-electron chi connectivity index (χ0n) is 51.7. The van der Waals surface area contributed by atoms with Crippen molar-refractivity contribution in [1.29, 1.82) is 0 Å². The molecule has 77 heavy (non-hydrogen) atoms. The number of carbonyl (C=O) groups excluding carboxylic acids is 3. The molecule has 0 amide bonds. The van der Waals surface area contributed by atoms with Gasteiger partial charge in [0.25, 0.3) is 0 Å². The molecule has 0 saturated carbocycles. The van der Waals surface area contributed by atoms with E-state index in [-0.39, 0.29) is 31.1 Å². The number of unbranched alkanes of at least 4 members (excludes halogenated alkanes) is 44. The maximum absolute atomic E-state index is 12.9. The summed E-state index contributed by atoms with van der Waals surface area (Å²) in [5, 5.41) is 0. The minimum absolute atomic E-state index is 0.0757. The average Bonchev–Trinajstić information content (AvgIpc) is 3.43. The molecular formula is C71H130O6. The average molecular weight is 1080 g/mol. The highest BCUT2D eigenvalue weighted by Crippen LogP contribution is 2.18. The number of esters is 3. The highest BCUT2D eigenvalue weighted by Gasteiger charge is 2.19.